The highest BCUT2D eigenvalue weighted by Gasteiger charge is 2.15. The average molecular weight is 224 g/mol. The van der Waals surface area contributed by atoms with Gasteiger partial charge in [0.25, 0.3) is 0 Å². The molecule has 0 aliphatic rings. The second-order valence-corrected chi connectivity index (χ2v) is 3.34. The van der Waals surface area contributed by atoms with Gasteiger partial charge in [-0.05, 0) is 30.2 Å². The lowest BCUT2D eigenvalue weighted by Gasteiger charge is -2.08. The molecule has 0 atom stereocenters. The molecule has 3 nitrogen and oxygen atoms in total. The van der Waals surface area contributed by atoms with E-state index in [-0.39, 0.29) is 5.88 Å². The van der Waals surface area contributed by atoms with E-state index in [9.17, 15) is 4.79 Å². The number of rotatable bonds is 2. The first-order valence-corrected chi connectivity index (χ1v) is 4.85. The summed E-state index contributed by atoms with van der Waals surface area (Å²) in [4.78, 5) is 11.4. The van der Waals surface area contributed by atoms with E-state index in [0.29, 0.717) is 16.7 Å². The maximum absolute atomic E-state index is 11.4. The number of methoxy groups -OCH3 is 1. The number of alkyl halides is 1. The first-order valence-electron chi connectivity index (χ1n) is 4.32. The monoisotopic (exact) mass is 223 g/mol. The van der Waals surface area contributed by atoms with Crippen molar-refractivity contribution in [1.82, 2.24) is 0 Å². The zero-order chi connectivity index (χ0) is 11.4. The van der Waals surface area contributed by atoms with E-state index >= 15 is 0 Å². The number of benzene rings is 1. The van der Waals surface area contributed by atoms with Gasteiger partial charge in [0, 0.05) is 5.88 Å². The lowest BCUT2D eigenvalue weighted by Crippen LogP contribution is -2.07. The van der Waals surface area contributed by atoms with Crippen molar-refractivity contribution in [3.05, 3.63) is 34.4 Å². The molecule has 0 heterocycles. The molecule has 78 valence electrons. The normalized spacial score (nSPS) is 9.47. The highest BCUT2D eigenvalue weighted by molar-refractivity contribution is 6.18. The number of hydrogen-bond donors (Lipinski definition) is 0. The smallest absolute Gasteiger partial charge is 0.338 e. The molecule has 0 bridgehead atoms. The summed E-state index contributed by atoms with van der Waals surface area (Å²) >= 11 is 5.71. The third-order valence-electron chi connectivity index (χ3n) is 2.05. The van der Waals surface area contributed by atoms with Crippen LogP contribution in [0.4, 0.5) is 0 Å². The Morgan fingerprint density at radius 2 is 2.27 bits per heavy atom. The summed E-state index contributed by atoms with van der Waals surface area (Å²) < 4.78 is 4.63. The molecule has 0 aliphatic carbocycles. The fourth-order valence-electron chi connectivity index (χ4n) is 1.35. The lowest BCUT2D eigenvalue weighted by molar-refractivity contribution is 0.0599. The second-order valence-electron chi connectivity index (χ2n) is 3.08. The van der Waals surface area contributed by atoms with Gasteiger partial charge in [0.2, 0.25) is 0 Å². The topological polar surface area (TPSA) is 50.1 Å². The van der Waals surface area contributed by atoms with Crippen molar-refractivity contribution < 1.29 is 9.53 Å². The van der Waals surface area contributed by atoms with Gasteiger partial charge in [0.15, 0.2) is 0 Å². The van der Waals surface area contributed by atoms with Gasteiger partial charge in [-0.25, -0.2) is 4.79 Å². The van der Waals surface area contributed by atoms with Gasteiger partial charge >= 0.3 is 5.97 Å². The predicted octanol–water partition coefficient (Wildman–Crippen LogP) is 2.39. The van der Waals surface area contributed by atoms with Gasteiger partial charge in [0.1, 0.15) is 0 Å². The molecule has 4 heteroatoms. The van der Waals surface area contributed by atoms with Crippen LogP contribution in [-0.2, 0) is 10.6 Å². The first-order chi connectivity index (χ1) is 7.13. The minimum absolute atomic E-state index is 0.119. The van der Waals surface area contributed by atoms with Crippen molar-refractivity contribution in [2.45, 2.75) is 12.8 Å². The quantitative estimate of drug-likeness (QED) is 0.571. The fourth-order valence-corrected chi connectivity index (χ4v) is 1.64. The Morgan fingerprint density at radius 1 is 1.60 bits per heavy atom. The zero-order valence-corrected chi connectivity index (χ0v) is 9.26. The number of ether oxygens (including phenoxy) is 1. The number of nitriles is 1. The molecule has 0 spiro atoms. The van der Waals surface area contributed by atoms with E-state index in [0.717, 1.165) is 5.56 Å². The highest BCUT2D eigenvalue weighted by atomic mass is 35.5. The molecule has 1 aromatic carbocycles. The minimum Gasteiger partial charge on any atom is -0.465 e. The van der Waals surface area contributed by atoms with Crippen LogP contribution >= 0.6 is 11.6 Å². The molecule has 0 saturated carbocycles. The Balaban J connectivity index is 3.43. The molecule has 0 amide bonds. The Hall–Kier alpha value is -1.53. The summed E-state index contributed by atoms with van der Waals surface area (Å²) in [7, 11) is 1.30. The Labute approximate surface area is 93.2 Å². The Morgan fingerprint density at radius 3 is 2.73 bits per heavy atom. The van der Waals surface area contributed by atoms with Crippen LogP contribution in [0.25, 0.3) is 0 Å². The molecule has 1 aromatic rings. The molecule has 0 fully saturated rings. The molecular formula is C11H10ClNO2. The van der Waals surface area contributed by atoms with Crippen LogP contribution in [-0.4, -0.2) is 13.1 Å². The molecule has 15 heavy (non-hydrogen) atoms. The summed E-state index contributed by atoms with van der Waals surface area (Å²) in [5, 5.41) is 8.89. The second kappa shape index (κ2) is 4.81. The van der Waals surface area contributed by atoms with Crippen LogP contribution in [0.1, 0.15) is 27.0 Å². The summed E-state index contributed by atoms with van der Waals surface area (Å²) in [5.41, 5.74) is 2.15. The SMILES string of the molecule is COC(=O)c1cc(C)cc(C#N)c1CCl. The van der Waals surface area contributed by atoms with Gasteiger partial charge < -0.3 is 4.74 Å². The van der Waals surface area contributed by atoms with Crippen LogP contribution < -0.4 is 0 Å². The summed E-state index contributed by atoms with van der Waals surface area (Å²) in [5.74, 6) is -0.348. The van der Waals surface area contributed by atoms with Crippen molar-refractivity contribution in [3.63, 3.8) is 0 Å². The third kappa shape index (κ3) is 2.28. The van der Waals surface area contributed by atoms with Crippen molar-refractivity contribution in [1.29, 1.82) is 5.26 Å². The minimum atomic E-state index is -0.467. The van der Waals surface area contributed by atoms with Gasteiger partial charge in [0.05, 0.1) is 24.3 Å². The number of aryl methyl sites for hydroxylation is 1. The molecular weight excluding hydrogens is 214 g/mol. The van der Waals surface area contributed by atoms with Gasteiger partial charge in [-0.15, -0.1) is 11.6 Å². The van der Waals surface area contributed by atoms with Gasteiger partial charge in [-0.1, -0.05) is 0 Å². The van der Waals surface area contributed by atoms with E-state index in [1.54, 1.807) is 12.1 Å². The summed E-state index contributed by atoms with van der Waals surface area (Å²) in [6.45, 7) is 1.81. The van der Waals surface area contributed by atoms with E-state index in [1.807, 2.05) is 13.0 Å². The number of carbonyl (C=O) groups is 1. The molecule has 0 saturated heterocycles. The first kappa shape index (κ1) is 11.5. The van der Waals surface area contributed by atoms with Crippen molar-refractivity contribution in [3.8, 4) is 6.07 Å². The number of hydrogen-bond acceptors (Lipinski definition) is 3. The standard InChI is InChI=1S/C11H10ClNO2/c1-7-3-8(6-13)10(5-12)9(4-7)11(14)15-2/h3-4H,5H2,1-2H3. The Bertz CT molecular complexity index is 435. The van der Waals surface area contributed by atoms with E-state index in [2.05, 4.69) is 4.74 Å². The predicted molar refractivity (Wildman–Crippen MR) is 56.8 cm³/mol. The van der Waals surface area contributed by atoms with Crippen LogP contribution in [0.5, 0.6) is 0 Å². The van der Waals surface area contributed by atoms with Crippen molar-refractivity contribution >= 4 is 17.6 Å². The van der Waals surface area contributed by atoms with Gasteiger partial charge in [-0.2, -0.15) is 5.26 Å². The van der Waals surface area contributed by atoms with Crippen molar-refractivity contribution in [2.24, 2.45) is 0 Å². The van der Waals surface area contributed by atoms with E-state index in [1.165, 1.54) is 7.11 Å². The molecule has 0 unspecified atom stereocenters. The van der Waals surface area contributed by atoms with Crippen LogP contribution in [0.3, 0.4) is 0 Å². The van der Waals surface area contributed by atoms with E-state index < -0.39 is 5.97 Å². The Kier molecular flexibility index (Phi) is 3.70. The number of esters is 1. The molecule has 0 N–H and O–H groups in total. The largest absolute Gasteiger partial charge is 0.465 e. The van der Waals surface area contributed by atoms with Gasteiger partial charge in [-0.3, -0.25) is 0 Å². The maximum atomic E-state index is 11.4. The maximum Gasteiger partial charge on any atom is 0.338 e. The van der Waals surface area contributed by atoms with Crippen LogP contribution in [0.2, 0.25) is 0 Å². The van der Waals surface area contributed by atoms with Crippen LogP contribution in [0.15, 0.2) is 12.1 Å². The number of carbonyl (C=O) groups excluding carboxylic acids is 1. The molecule has 0 aliphatic heterocycles. The average Bonchev–Trinajstić information content (AvgIpc) is 2.26. The molecule has 1 rings (SSSR count). The molecule has 0 aromatic heterocycles. The number of halogens is 1. The fraction of sp³-hybridized carbons (Fsp3) is 0.273. The zero-order valence-electron chi connectivity index (χ0n) is 8.50. The van der Waals surface area contributed by atoms with Crippen LogP contribution in [0, 0.1) is 18.3 Å². The number of nitrogens with zero attached hydrogens (tertiary/aromatic N) is 1. The third-order valence-corrected chi connectivity index (χ3v) is 2.32. The van der Waals surface area contributed by atoms with E-state index in [4.69, 9.17) is 16.9 Å². The summed E-state index contributed by atoms with van der Waals surface area (Å²) in [6.07, 6.45) is 0. The molecule has 0 radical (unpaired) electrons. The van der Waals surface area contributed by atoms with Crippen molar-refractivity contribution in [2.75, 3.05) is 7.11 Å². The summed E-state index contributed by atoms with van der Waals surface area (Å²) in [6, 6.07) is 5.38. The highest BCUT2D eigenvalue weighted by Crippen LogP contribution is 2.20. The lowest BCUT2D eigenvalue weighted by atomic mass is 10.00.